The predicted octanol–water partition coefficient (Wildman–Crippen LogP) is 2.42. The van der Waals surface area contributed by atoms with Crippen LogP contribution in [0, 0.1) is 0 Å². The number of amides is 1. The van der Waals surface area contributed by atoms with E-state index in [0.29, 0.717) is 5.75 Å². The van der Waals surface area contributed by atoms with Gasteiger partial charge in [-0.25, -0.2) is 0 Å². The number of carbonyl (C=O) groups excluding carboxylic acids is 1. The summed E-state index contributed by atoms with van der Waals surface area (Å²) in [6, 6.07) is 7.50. The van der Waals surface area contributed by atoms with Crippen molar-refractivity contribution in [3.63, 3.8) is 0 Å². The zero-order chi connectivity index (χ0) is 13.0. The van der Waals surface area contributed by atoms with Crippen molar-refractivity contribution in [3.05, 3.63) is 29.8 Å². The average Bonchev–Trinajstić information content (AvgIpc) is 2.92. The second-order valence-corrected chi connectivity index (χ2v) is 4.68. The van der Waals surface area contributed by atoms with Crippen molar-refractivity contribution in [1.29, 1.82) is 0 Å². The monoisotopic (exact) mass is 263 g/mol. The van der Waals surface area contributed by atoms with Crippen LogP contribution in [0.25, 0.3) is 0 Å². The molecule has 1 amide bonds. The summed E-state index contributed by atoms with van der Waals surface area (Å²) in [5.74, 6) is 0.735. The Kier molecular flexibility index (Phi) is 4.31. The summed E-state index contributed by atoms with van der Waals surface area (Å²) in [6.45, 7) is 3.49. The van der Waals surface area contributed by atoms with E-state index in [0.717, 1.165) is 31.5 Å². The van der Waals surface area contributed by atoms with Crippen LogP contribution in [0.2, 0.25) is 0 Å². The van der Waals surface area contributed by atoms with Gasteiger partial charge in [0.25, 0.3) is 5.91 Å². The zero-order valence-electron chi connectivity index (χ0n) is 10.5. The van der Waals surface area contributed by atoms with Gasteiger partial charge in [0.05, 0.1) is 0 Å². The number of hydrogen-bond acceptors (Lipinski definition) is 3. The summed E-state index contributed by atoms with van der Waals surface area (Å²) >= 11 is 4.93. The van der Waals surface area contributed by atoms with Crippen molar-refractivity contribution >= 4 is 23.5 Å². The maximum atomic E-state index is 12.1. The molecule has 1 aliphatic heterocycles. The number of nitrogens with zero attached hydrogens (tertiary/aromatic N) is 1. The highest BCUT2D eigenvalue weighted by Gasteiger charge is 2.24. The summed E-state index contributed by atoms with van der Waals surface area (Å²) < 4.78 is 5.72. The van der Waals surface area contributed by atoms with Gasteiger partial charge in [-0.2, -0.15) is 0 Å². The molecule has 1 fully saturated rings. The molecule has 0 radical (unpaired) electrons. The van der Waals surface area contributed by atoms with Crippen LogP contribution in [-0.4, -0.2) is 35.4 Å². The number of benzene rings is 1. The maximum Gasteiger partial charge on any atom is 0.263 e. The van der Waals surface area contributed by atoms with Crippen LogP contribution in [0.1, 0.15) is 25.3 Å². The molecule has 1 unspecified atom stereocenters. The van der Waals surface area contributed by atoms with Crippen LogP contribution in [-0.2, 0) is 4.79 Å². The normalized spacial score (nSPS) is 16.4. The van der Waals surface area contributed by atoms with Crippen molar-refractivity contribution in [1.82, 2.24) is 4.90 Å². The van der Waals surface area contributed by atoms with Gasteiger partial charge in [-0.3, -0.25) is 4.79 Å². The van der Waals surface area contributed by atoms with E-state index in [-0.39, 0.29) is 5.91 Å². The lowest BCUT2D eigenvalue weighted by atomic mass is 10.2. The molecule has 0 spiro atoms. The van der Waals surface area contributed by atoms with Gasteiger partial charge in [-0.15, -0.1) is 0 Å². The van der Waals surface area contributed by atoms with Crippen LogP contribution < -0.4 is 4.74 Å². The summed E-state index contributed by atoms with van der Waals surface area (Å²) in [4.78, 5) is 14.0. The van der Waals surface area contributed by atoms with E-state index in [1.807, 2.05) is 29.2 Å². The highest BCUT2D eigenvalue weighted by atomic mass is 32.1. The predicted molar refractivity (Wildman–Crippen MR) is 75.1 cm³/mol. The van der Waals surface area contributed by atoms with Crippen LogP contribution >= 0.6 is 12.2 Å². The van der Waals surface area contributed by atoms with Gasteiger partial charge in [0.15, 0.2) is 6.10 Å². The first-order chi connectivity index (χ1) is 8.72. The van der Waals surface area contributed by atoms with E-state index < -0.39 is 6.10 Å². The molecule has 96 valence electrons. The lowest BCUT2D eigenvalue weighted by molar-refractivity contribution is -0.136. The van der Waals surface area contributed by atoms with E-state index in [2.05, 4.69) is 0 Å². The number of rotatable bonds is 4. The van der Waals surface area contributed by atoms with E-state index in [4.69, 9.17) is 17.0 Å². The third-order valence-electron chi connectivity index (χ3n) is 3.12. The number of carbonyl (C=O) groups is 1. The lowest BCUT2D eigenvalue weighted by Crippen LogP contribution is -2.38. The Bertz CT molecular complexity index is 441. The molecule has 4 heteroatoms. The van der Waals surface area contributed by atoms with Crippen molar-refractivity contribution < 1.29 is 9.53 Å². The molecule has 1 saturated heterocycles. The van der Waals surface area contributed by atoms with E-state index in [1.165, 1.54) is 0 Å². The number of para-hydroxylation sites is 1. The molecule has 1 atom stereocenters. The molecule has 1 heterocycles. The number of thiocarbonyl (C=S) groups is 1. The zero-order valence-corrected chi connectivity index (χ0v) is 11.3. The molecule has 0 aromatic heterocycles. The summed E-state index contributed by atoms with van der Waals surface area (Å²) in [5, 5.41) is 1.57. The molecular formula is C14H17NO2S. The fourth-order valence-electron chi connectivity index (χ4n) is 2.12. The van der Waals surface area contributed by atoms with Gasteiger partial charge in [0, 0.05) is 24.0 Å². The topological polar surface area (TPSA) is 29.5 Å². The number of ether oxygens (including phenoxy) is 1. The first kappa shape index (κ1) is 13.0. The SMILES string of the molecule is CC(Oc1ccccc1C=S)C(=O)N1CCCC1. The maximum absolute atomic E-state index is 12.1. The second-order valence-electron chi connectivity index (χ2n) is 4.45. The van der Waals surface area contributed by atoms with E-state index in [1.54, 1.807) is 12.3 Å². The first-order valence-electron chi connectivity index (χ1n) is 6.22. The summed E-state index contributed by atoms with van der Waals surface area (Å²) in [5.41, 5.74) is 0.841. The Morgan fingerprint density at radius 3 is 2.72 bits per heavy atom. The van der Waals surface area contributed by atoms with Gasteiger partial charge >= 0.3 is 0 Å². The Morgan fingerprint density at radius 2 is 2.06 bits per heavy atom. The Balaban J connectivity index is 2.03. The van der Waals surface area contributed by atoms with Gasteiger partial charge in [0.2, 0.25) is 0 Å². The fourth-order valence-corrected chi connectivity index (χ4v) is 2.32. The number of hydrogen-bond donors (Lipinski definition) is 0. The molecule has 1 aromatic rings. The second kappa shape index (κ2) is 5.96. The molecule has 1 aromatic carbocycles. The molecular weight excluding hydrogens is 246 g/mol. The molecule has 0 N–H and O–H groups in total. The lowest BCUT2D eigenvalue weighted by Gasteiger charge is -2.21. The summed E-state index contributed by atoms with van der Waals surface area (Å²) in [7, 11) is 0. The third-order valence-corrected chi connectivity index (χ3v) is 3.37. The molecule has 2 rings (SSSR count). The standard InChI is InChI=1S/C14H17NO2S/c1-11(14(16)15-8-4-5-9-15)17-13-7-3-2-6-12(13)10-18/h2-3,6-7,10-11H,4-5,8-9H2,1H3. The van der Waals surface area contributed by atoms with Gasteiger partial charge in [-0.05, 0) is 25.8 Å². The van der Waals surface area contributed by atoms with E-state index in [9.17, 15) is 4.79 Å². The molecule has 3 nitrogen and oxygen atoms in total. The minimum atomic E-state index is -0.459. The largest absolute Gasteiger partial charge is 0.480 e. The van der Waals surface area contributed by atoms with Crippen LogP contribution in [0.4, 0.5) is 0 Å². The van der Waals surface area contributed by atoms with Gasteiger partial charge in [0.1, 0.15) is 5.75 Å². The van der Waals surface area contributed by atoms with Crippen LogP contribution in [0.15, 0.2) is 24.3 Å². The molecule has 0 saturated carbocycles. The van der Waals surface area contributed by atoms with E-state index >= 15 is 0 Å². The summed E-state index contributed by atoms with van der Waals surface area (Å²) in [6.07, 6.45) is 1.73. The first-order valence-corrected chi connectivity index (χ1v) is 6.69. The van der Waals surface area contributed by atoms with Gasteiger partial charge in [-0.1, -0.05) is 30.4 Å². The Labute approximate surface area is 113 Å². The molecule has 18 heavy (non-hydrogen) atoms. The highest BCUT2D eigenvalue weighted by Crippen LogP contribution is 2.19. The molecule has 0 aliphatic carbocycles. The number of likely N-dealkylation sites (tertiary alicyclic amines) is 1. The molecule has 1 aliphatic rings. The van der Waals surface area contributed by atoms with Crippen molar-refractivity contribution in [2.24, 2.45) is 0 Å². The van der Waals surface area contributed by atoms with Crippen molar-refractivity contribution in [2.45, 2.75) is 25.9 Å². The Hall–Kier alpha value is -1.42. The fraction of sp³-hybridized carbons (Fsp3) is 0.429. The van der Waals surface area contributed by atoms with Crippen LogP contribution in [0.3, 0.4) is 0 Å². The average molecular weight is 263 g/mol. The van der Waals surface area contributed by atoms with Gasteiger partial charge < -0.3 is 9.64 Å². The third kappa shape index (κ3) is 2.88. The minimum absolute atomic E-state index is 0.0617. The minimum Gasteiger partial charge on any atom is -0.480 e. The highest BCUT2D eigenvalue weighted by molar-refractivity contribution is 7.79. The van der Waals surface area contributed by atoms with Crippen LogP contribution in [0.5, 0.6) is 5.75 Å². The smallest absolute Gasteiger partial charge is 0.263 e. The van der Waals surface area contributed by atoms with Crippen molar-refractivity contribution in [2.75, 3.05) is 13.1 Å². The molecule has 0 bridgehead atoms. The van der Waals surface area contributed by atoms with Crippen molar-refractivity contribution in [3.8, 4) is 5.75 Å². The quantitative estimate of drug-likeness (QED) is 0.781. The Morgan fingerprint density at radius 1 is 1.39 bits per heavy atom.